The number of rotatable bonds is 5. The van der Waals surface area contributed by atoms with Gasteiger partial charge >= 0.3 is 0 Å². The van der Waals surface area contributed by atoms with Gasteiger partial charge in [-0.2, -0.15) is 5.10 Å². The van der Waals surface area contributed by atoms with Gasteiger partial charge in [-0.3, -0.25) is 9.48 Å². The zero-order valence-electron chi connectivity index (χ0n) is 11.4. The standard InChI is InChI=1S/C11H19N5O3S/c1-16-8-14-10(15-16)2-3-13-11(17)6-9-7-20(18,19)5-4-12-9/h8-9,12H,2-7H2,1H3,(H,13,17). The summed E-state index contributed by atoms with van der Waals surface area (Å²) in [4.78, 5) is 15.8. The summed E-state index contributed by atoms with van der Waals surface area (Å²) >= 11 is 0. The molecule has 0 spiro atoms. The van der Waals surface area contributed by atoms with Gasteiger partial charge < -0.3 is 10.6 Å². The third-order valence-electron chi connectivity index (χ3n) is 3.05. The number of aromatic nitrogens is 3. The van der Waals surface area contributed by atoms with Crippen LogP contribution in [0.4, 0.5) is 0 Å². The highest BCUT2D eigenvalue weighted by molar-refractivity contribution is 7.91. The van der Waals surface area contributed by atoms with Crippen molar-refractivity contribution in [1.82, 2.24) is 25.4 Å². The molecule has 1 aromatic rings. The summed E-state index contributed by atoms with van der Waals surface area (Å²) in [6.45, 7) is 0.862. The Labute approximate surface area is 117 Å². The number of amides is 1. The third kappa shape index (κ3) is 4.57. The van der Waals surface area contributed by atoms with Crippen LogP contribution in [0, 0.1) is 0 Å². The topological polar surface area (TPSA) is 106 Å². The van der Waals surface area contributed by atoms with E-state index in [0.717, 1.165) is 0 Å². The summed E-state index contributed by atoms with van der Waals surface area (Å²) in [5.74, 6) is 0.695. The molecule has 2 heterocycles. The van der Waals surface area contributed by atoms with Crippen molar-refractivity contribution in [3.05, 3.63) is 12.2 Å². The molecule has 112 valence electrons. The average molecular weight is 301 g/mol. The molecule has 0 saturated carbocycles. The number of hydrogen-bond acceptors (Lipinski definition) is 6. The van der Waals surface area contributed by atoms with Crippen LogP contribution in [-0.2, 0) is 28.1 Å². The molecule has 0 aliphatic carbocycles. The summed E-state index contributed by atoms with van der Waals surface area (Å²) in [6, 6.07) is -0.290. The van der Waals surface area contributed by atoms with Crippen LogP contribution >= 0.6 is 0 Å². The predicted molar refractivity (Wildman–Crippen MR) is 72.8 cm³/mol. The second-order valence-electron chi connectivity index (χ2n) is 4.90. The Kier molecular flexibility index (Phi) is 4.71. The molecule has 1 aliphatic heterocycles. The Bertz CT molecular complexity index is 568. The molecular formula is C11H19N5O3S. The van der Waals surface area contributed by atoms with Crippen LogP contribution in [0.25, 0.3) is 0 Å². The lowest BCUT2D eigenvalue weighted by molar-refractivity contribution is -0.121. The number of sulfone groups is 1. The molecule has 2 rings (SSSR count). The van der Waals surface area contributed by atoms with Crippen molar-refractivity contribution >= 4 is 15.7 Å². The maximum atomic E-state index is 11.7. The quantitative estimate of drug-likeness (QED) is 0.668. The second-order valence-corrected chi connectivity index (χ2v) is 7.13. The Morgan fingerprint density at radius 2 is 2.40 bits per heavy atom. The minimum Gasteiger partial charge on any atom is -0.356 e. The molecule has 1 aromatic heterocycles. The van der Waals surface area contributed by atoms with Crippen LogP contribution in [0.2, 0.25) is 0 Å². The van der Waals surface area contributed by atoms with Gasteiger partial charge in [-0.25, -0.2) is 13.4 Å². The molecule has 8 nitrogen and oxygen atoms in total. The van der Waals surface area contributed by atoms with Crippen molar-refractivity contribution in [3.8, 4) is 0 Å². The lowest BCUT2D eigenvalue weighted by Gasteiger charge is -2.23. The molecule has 0 radical (unpaired) electrons. The monoisotopic (exact) mass is 301 g/mol. The first-order valence-corrected chi connectivity index (χ1v) is 8.32. The van der Waals surface area contributed by atoms with Gasteiger partial charge in [0.2, 0.25) is 5.91 Å². The molecule has 1 atom stereocenters. The predicted octanol–water partition coefficient (Wildman–Crippen LogP) is -1.75. The molecule has 1 aliphatic rings. The van der Waals surface area contributed by atoms with Crippen LogP contribution in [0.15, 0.2) is 6.33 Å². The van der Waals surface area contributed by atoms with Crippen molar-refractivity contribution < 1.29 is 13.2 Å². The molecule has 0 bridgehead atoms. The maximum absolute atomic E-state index is 11.7. The van der Waals surface area contributed by atoms with Crippen LogP contribution in [0.1, 0.15) is 12.2 Å². The summed E-state index contributed by atoms with van der Waals surface area (Å²) in [5, 5.41) is 9.91. The Morgan fingerprint density at radius 3 is 3.05 bits per heavy atom. The summed E-state index contributed by atoms with van der Waals surface area (Å²) < 4.78 is 24.5. The fourth-order valence-electron chi connectivity index (χ4n) is 2.11. The van der Waals surface area contributed by atoms with Crippen molar-refractivity contribution in [3.63, 3.8) is 0 Å². The fraction of sp³-hybridized carbons (Fsp3) is 0.727. The normalized spacial score (nSPS) is 21.6. The largest absolute Gasteiger partial charge is 0.356 e. The van der Waals surface area contributed by atoms with Crippen LogP contribution in [0.5, 0.6) is 0 Å². The van der Waals surface area contributed by atoms with E-state index in [4.69, 9.17) is 0 Å². The molecule has 1 unspecified atom stereocenters. The van der Waals surface area contributed by atoms with Crippen LogP contribution in [0.3, 0.4) is 0 Å². The number of hydrogen-bond donors (Lipinski definition) is 2. The lowest BCUT2D eigenvalue weighted by atomic mass is 10.2. The van der Waals surface area contributed by atoms with E-state index in [2.05, 4.69) is 20.7 Å². The first-order chi connectivity index (χ1) is 9.44. The van der Waals surface area contributed by atoms with Gasteiger partial charge in [0.25, 0.3) is 0 Å². The van der Waals surface area contributed by atoms with Crippen molar-refractivity contribution in [1.29, 1.82) is 0 Å². The van der Waals surface area contributed by atoms with Crippen molar-refractivity contribution in [2.45, 2.75) is 18.9 Å². The van der Waals surface area contributed by atoms with Crippen LogP contribution in [-0.4, -0.2) is 59.7 Å². The van der Waals surface area contributed by atoms with Crippen LogP contribution < -0.4 is 10.6 Å². The molecule has 9 heteroatoms. The SMILES string of the molecule is Cn1cnc(CCNC(=O)CC2CS(=O)(=O)CCN2)n1. The molecule has 2 N–H and O–H groups in total. The molecular weight excluding hydrogens is 282 g/mol. The minimum atomic E-state index is -3.00. The zero-order chi connectivity index (χ0) is 14.6. The highest BCUT2D eigenvalue weighted by Crippen LogP contribution is 2.04. The number of carbonyl (C=O) groups excluding carboxylic acids is 1. The first kappa shape index (κ1) is 14.9. The maximum Gasteiger partial charge on any atom is 0.221 e. The van der Waals surface area contributed by atoms with Gasteiger partial charge in [0, 0.05) is 39.0 Å². The van der Waals surface area contributed by atoms with E-state index in [0.29, 0.717) is 25.3 Å². The van der Waals surface area contributed by atoms with E-state index in [-0.39, 0.29) is 29.9 Å². The average Bonchev–Trinajstić information content (AvgIpc) is 2.73. The van der Waals surface area contributed by atoms with E-state index in [1.54, 1.807) is 18.1 Å². The molecule has 1 fully saturated rings. The number of carbonyl (C=O) groups is 1. The summed E-state index contributed by atoms with van der Waals surface area (Å²) in [5.41, 5.74) is 0. The Morgan fingerprint density at radius 1 is 1.60 bits per heavy atom. The van der Waals surface area contributed by atoms with E-state index in [1.165, 1.54) is 0 Å². The van der Waals surface area contributed by atoms with Gasteiger partial charge in [0.1, 0.15) is 6.33 Å². The van der Waals surface area contributed by atoms with Gasteiger partial charge in [0.05, 0.1) is 11.5 Å². The Hall–Kier alpha value is -1.48. The number of nitrogens with one attached hydrogen (secondary N) is 2. The van der Waals surface area contributed by atoms with Gasteiger partial charge in [-0.1, -0.05) is 0 Å². The minimum absolute atomic E-state index is 0.0300. The fourth-order valence-corrected chi connectivity index (χ4v) is 3.55. The highest BCUT2D eigenvalue weighted by Gasteiger charge is 2.25. The number of nitrogens with zero attached hydrogens (tertiary/aromatic N) is 3. The molecule has 1 amide bonds. The van der Waals surface area contributed by atoms with Gasteiger partial charge in [-0.15, -0.1) is 0 Å². The van der Waals surface area contributed by atoms with Crippen molar-refractivity contribution in [2.75, 3.05) is 24.6 Å². The third-order valence-corrected chi connectivity index (χ3v) is 4.79. The molecule has 20 heavy (non-hydrogen) atoms. The van der Waals surface area contributed by atoms with E-state index in [1.807, 2.05) is 0 Å². The smallest absolute Gasteiger partial charge is 0.221 e. The van der Waals surface area contributed by atoms with Gasteiger partial charge in [0.15, 0.2) is 15.7 Å². The van der Waals surface area contributed by atoms with E-state index >= 15 is 0 Å². The zero-order valence-corrected chi connectivity index (χ0v) is 12.2. The molecule has 0 aromatic carbocycles. The summed E-state index contributed by atoms with van der Waals surface area (Å²) in [6.07, 6.45) is 2.34. The summed E-state index contributed by atoms with van der Waals surface area (Å²) in [7, 11) is -1.22. The molecule has 1 saturated heterocycles. The number of aryl methyl sites for hydroxylation is 1. The lowest BCUT2D eigenvalue weighted by Crippen LogP contribution is -2.47. The van der Waals surface area contributed by atoms with E-state index < -0.39 is 9.84 Å². The van der Waals surface area contributed by atoms with E-state index in [9.17, 15) is 13.2 Å². The van der Waals surface area contributed by atoms with Crippen molar-refractivity contribution in [2.24, 2.45) is 7.05 Å². The first-order valence-electron chi connectivity index (χ1n) is 6.50. The second kappa shape index (κ2) is 6.31. The van der Waals surface area contributed by atoms with Gasteiger partial charge in [-0.05, 0) is 0 Å². The Balaban J connectivity index is 1.70. The highest BCUT2D eigenvalue weighted by atomic mass is 32.2.